The van der Waals surface area contributed by atoms with Crippen LogP contribution in [0.25, 0.3) is 0 Å². The van der Waals surface area contributed by atoms with E-state index >= 15 is 0 Å². The number of nitrogens with one attached hydrogen (secondary N) is 1. The van der Waals surface area contributed by atoms with Crippen LogP contribution < -0.4 is 19.6 Å². The molecule has 0 unspecified atom stereocenters. The Kier molecular flexibility index (Phi) is 7.37. The van der Waals surface area contributed by atoms with Crippen molar-refractivity contribution in [2.45, 2.75) is 20.3 Å². The van der Waals surface area contributed by atoms with Gasteiger partial charge < -0.3 is 14.2 Å². The molecule has 0 heterocycles. The Bertz CT molecular complexity index is 816. The maximum atomic E-state index is 11.8. The summed E-state index contributed by atoms with van der Waals surface area (Å²) >= 11 is 0. The lowest BCUT2D eigenvalue weighted by Crippen LogP contribution is -2.24. The van der Waals surface area contributed by atoms with E-state index in [1.54, 1.807) is 18.2 Å². The molecule has 2 rings (SSSR count). The molecule has 1 amide bonds. The number of hydrazone groups is 1. The molecule has 0 spiro atoms. The molecule has 0 bridgehead atoms. The van der Waals surface area contributed by atoms with Gasteiger partial charge in [-0.05, 0) is 47.9 Å². The first-order valence-corrected chi connectivity index (χ1v) is 8.42. The van der Waals surface area contributed by atoms with Crippen LogP contribution in [0.3, 0.4) is 0 Å². The number of nitrogens with zero attached hydrogens (tertiary/aromatic N) is 1. The average Bonchev–Trinajstić information content (AvgIpc) is 2.67. The monoisotopic (exact) mass is 370 g/mol. The van der Waals surface area contributed by atoms with Crippen LogP contribution in [-0.4, -0.2) is 31.8 Å². The summed E-state index contributed by atoms with van der Waals surface area (Å²) in [7, 11) is 1.47. The summed E-state index contributed by atoms with van der Waals surface area (Å²) in [6.45, 7) is 3.24. The summed E-state index contributed by atoms with van der Waals surface area (Å²) in [6, 6.07) is 12.5. The van der Waals surface area contributed by atoms with E-state index in [1.807, 2.05) is 24.3 Å². The van der Waals surface area contributed by atoms with E-state index in [1.165, 1.54) is 25.8 Å². The number of ether oxygens (including phenoxy) is 3. The SMILES string of the molecule is CCc1ccc(OCC(=O)N/N=C/c2ccc(OC(C)=O)c(OC)c2)cc1. The van der Waals surface area contributed by atoms with Crippen molar-refractivity contribution in [1.29, 1.82) is 0 Å². The summed E-state index contributed by atoms with van der Waals surface area (Å²) in [5.41, 5.74) is 4.25. The second-order valence-corrected chi connectivity index (χ2v) is 5.58. The molecule has 27 heavy (non-hydrogen) atoms. The van der Waals surface area contributed by atoms with Crippen molar-refractivity contribution >= 4 is 18.1 Å². The van der Waals surface area contributed by atoms with Crippen molar-refractivity contribution in [3.05, 3.63) is 53.6 Å². The van der Waals surface area contributed by atoms with Crippen LogP contribution in [0, 0.1) is 0 Å². The van der Waals surface area contributed by atoms with Gasteiger partial charge in [0.2, 0.25) is 0 Å². The Balaban J connectivity index is 1.86. The summed E-state index contributed by atoms with van der Waals surface area (Å²) < 4.78 is 15.6. The van der Waals surface area contributed by atoms with Crippen LogP contribution in [0.5, 0.6) is 17.2 Å². The lowest BCUT2D eigenvalue weighted by atomic mass is 10.2. The van der Waals surface area contributed by atoms with E-state index in [0.29, 0.717) is 22.8 Å². The van der Waals surface area contributed by atoms with Crippen molar-refractivity contribution in [1.82, 2.24) is 5.43 Å². The molecule has 142 valence electrons. The van der Waals surface area contributed by atoms with E-state index < -0.39 is 5.97 Å². The van der Waals surface area contributed by atoms with Crippen LogP contribution >= 0.6 is 0 Å². The van der Waals surface area contributed by atoms with Crippen molar-refractivity contribution in [2.24, 2.45) is 5.10 Å². The summed E-state index contributed by atoms with van der Waals surface area (Å²) in [4.78, 5) is 22.8. The molecule has 0 fully saturated rings. The first-order valence-electron chi connectivity index (χ1n) is 8.42. The molecule has 0 saturated carbocycles. The number of benzene rings is 2. The zero-order valence-electron chi connectivity index (χ0n) is 15.5. The smallest absolute Gasteiger partial charge is 0.308 e. The average molecular weight is 370 g/mol. The Morgan fingerprint density at radius 1 is 1.11 bits per heavy atom. The standard InChI is InChI=1S/C20H22N2O5/c1-4-15-5-8-17(9-6-15)26-13-20(24)22-21-12-16-7-10-18(27-14(2)23)19(11-16)25-3/h5-12H,4,13H2,1-3H3,(H,22,24)/b21-12+. The van der Waals surface area contributed by atoms with E-state index in [-0.39, 0.29) is 12.5 Å². The van der Waals surface area contributed by atoms with Gasteiger partial charge in [0.05, 0.1) is 13.3 Å². The molecule has 0 aliphatic carbocycles. The fourth-order valence-electron chi connectivity index (χ4n) is 2.18. The number of hydrogen-bond donors (Lipinski definition) is 1. The summed E-state index contributed by atoms with van der Waals surface area (Å²) in [5, 5.41) is 3.88. The molecule has 0 saturated heterocycles. The quantitative estimate of drug-likeness (QED) is 0.334. The molecular formula is C20H22N2O5. The van der Waals surface area contributed by atoms with Gasteiger partial charge in [-0.15, -0.1) is 0 Å². The lowest BCUT2D eigenvalue weighted by Gasteiger charge is -2.08. The van der Waals surface area contributed by atoms with Crippen LogP contribution in [0.2, 0.25) is 0 Å². The molecule has 2 aromatic rings. The number of amides is 1. The van der Waals surface area contributed by atoms with Crippen LogP contribution in [0.4, 0.5) is 0 Å². The Morgan fingerprint density at radius 3 is 2.48 bits per heavy atom. The maximum absolute atomic E-state index is 11.8. The largest absolute Gasteiger partial charge is 0.493 e. The van der Waals surface area contributed by atoms with E-state index in [9.17, 15) is 9.59 Å². The molecule has 2 aromatic carbocycles. The fourth-order valence-corrected chi connectivity index (χ4v) is 2.18. The third kappa shape index (κ3) is 6.47. The summed E-state index contributed by atoms with van der Waals surface area (Å²) in [6.07, 6.45) is 2.40. The minimum Gasteiger partial charge on any atom is -0.493 e. The molecule has 0 aliphatic rings. The highest BCUT2D eigenvalue weighted by Crippen LogP contribution is 2.27. The number of aryl methyl sites for hydroxylation is 1. The molecule has 0 aliphatic heterocycles. The van der Waals surface area contributed by atoms with Gasteiger partial charge in [-0.1, -0.05) is 19.1 Å². The molecule has 0 aromatic heterocycles. The van der Waals surface area contributed by atoms with Gasteiger partial charge in [-0.3, -0.25) is 9.59 Å². The molecule has 1 N–H and O–H groups in total. The van der Waals surface area contributed by atoms with Gasteiger partial charge in [0.15, 0.2) is 18.1 Å². The van der Waals surface area contributed by atoms with Crippen LogP contribution in [0.1, 0.15) is 25.0 Å². The first kappa shape index (κ1) is 20.0. The van der Waals surface area contributed by atoms with Crippen molar-refractivity contribution < 1.29 is 23.8 Å². The highest BCUT2D eigenvalue weighted by molar-refractivity contribution is 5.84. The minimum absolute atomic E-state index is 0.141. The highest BCUT2D eigenvalue weighted by Gasteiger charge is 2.07. The Hall–Kier alpha value is -3.35. The van der Waals surface area contributed by atoms with E-state index in [2.05, 4.69) is 17.5 Å². The molecular weight excluding hydrogens is 348 g/mol. The first-order chi connectivity index (χ1) is 13.0. The Labute approximate surface area is 157 Å². The number of carbonyl (C=O) groups is 2. The van der Waals surface area contributed by atoms with E-state index in [4.69, 9.17) is 14.2 Å². The molecule has 0 atom stereocenters. The van der Waals surface area contributed by atoms with Crippen molar-refractivity contribution in [2.75, 3.05) is 13.7 Å². The number of esters is 1. The second-order valence-electron chi connectivity index (χ2n) is 5.58. The number of methoxy groups -OCH3 is 1. The minimum atomic E-state index is -0.439. The predicted octanol–water partition coefficient (Wildman–Crippen LogP) is 2.71. The zero-order valence-corrected chi connectivity index (χ0v) is 15.5. The van der Waals surface area contributed by atoms with Gasteiger partial charge >= 0.3 is 5.97 Å². The lowest BCUT2D eigenvalue weighted by molar-refractivity contribution is -0.132. The molecule has 7 nitrogen and oxygen atoms in total. The zero-order chi connectivity index (χ0) is 19.6. The molecule has 0 radical (unpaired) electrons. The fraction of sp³-hybridized carbons (Fsp3) is 0.250. The third-order valence-electron chi connectivity index (χ3n) is 3.55. The number of rotatable bonds is 8. The van der Waals surface area contributed by atoms with Gasteiger partial charge in [-0.2, -0.15) is 5.10 Å². The number of hydrogen-bond acceptors (Lipinski definition) is 6. The normalized spacial score (nSPS) is 10.5. The number of carbonyl (C=O) groups excluding carboxylic acids is 2. The van der Waals surface area contributed by atoms with Crippen LogP contribution in [0.15, 0.2) is 47.6 Å². The van der Waals surface area contributed by atoms with Crippen LogP contribution in [-0.2, 0) is 16.0 Å². The Morgan fingerprint density at radius 2 is 1.85 bits per heavy atom. The van der Waals surface area contributed by atoms with Gasteiger partial charge in [0.1, 0.15) is 5.75 Å². The van der Waals surface area contributed by atoms with Crippen molar-refractivity contribution in [3.63, 3.8) is 0 Å². The van der Waals surface area contributed by atoms with Gasteiger partial charge in [0.25, 0.3) is 5.91 Å². The second kappa shape index (κ2) is 9.96. The van der Waals surface area contributed by atoms with Gasteiger partial charge in [0, 0.05) is 6.92 Å². The third-order valence-corrected chi connectivity index (χ3v) is 3.55. The van der Waals surface area contributed by atoms with Crippen molar-refractivity contribution in [3.8, 4) is 17.2 Å². The van der Waals surface area contributed by atoms with Gasteiger partial charge in [-0.25, -0.2) is 5.43 Å². The van der Waals surface area contributed by atoms with E-state index in [0.717, 1.165) is 6.42 Å². The predicted molar refractivity (Wildman–Crippen MR) is 101 cm³/mol. The topological polar surface area (TPSA) is 86.2 Å². The summed E-state index contributed by atoms with van der Waals surface area (Å²) in [5.74, 6) is 0.505. The maximum Gasteiger partial charge on any atom is 0.308 e. The highest BCUT2D eigenvalue weighted by atomic mass is 16.6. The molecule has 7 heteroatoms.